The summed E-state index contributed by atoms with van der Waals surface area (Å²) in [6.07, 6.45) is 3.65. The summed E-state index contributed by atoms with van der Waals surface area (Å²) in [6, 6.07) is 9.90. The van der Waals surface area contributed by atoms with Gasteiger partial charge in [0.2, 0.25) is 5.91 Å². The van der Waals surface area contributed by atoms with Crippen LogP contribution in [0.4, 0.5) is 4.39 Å². The van der Waals surface area contributed by atoms with Crippen LogP contribution in [0, 0.1) is 5.82 Å². The van der Waals surface area contributed by atoms with Crippen LogP contribution in [0.25, 0.3) is 22.0 Å². The Kier molecular flexibility index (Phi) is 4.32. The first kappa shape index (κ1) is 17.1. The fourth-order valence-corrected chi connectivity index (χ4v) is 3.56. The number of carbonyl (C=O) groups excluding carboxylic acids is 1. The number of aromatic amines is 1. The molecule has 1 atom stereocenters. The van der Waals surface area contributed by atoms with Crippen molar-refractivity contribution >= 4 is 16.8 Å². The number of benzene rings is 1. The number of halogens is 1. The van der Waals surface area contributed by atoms with Crippen molar-refractivity contribution in [3.05, 3.63) is 77.1 Å². The second kappa shape index (κ2) is 6.79. The van der Waals surface area contributed by atoms with Gasteiger partial charge in [-0.05, 0) is 30.7 Å². The Bertz CT molecular complexity index is 1110. The van der Waals surface area contributed by atoms with Crippen molar-refractivity contribution in [2.45, 2.75) is 12.3 Å². The predicted molar refractivity (Wildman–Crippen MR) is 102 cm³/mol. The Balaban J connectivity index is 1.70. The van der Waals surface area contributed by atoms with Crippen molar-refractivity contribution in [3.8, 4) is 11.1 Å². The molecule has 1 aliphatic heterocycles. The number of aromatic nitrogens is 2. The summed E-state index contributed by atoms with van der Waals surface area (Å²) in [5.41, 5.74) is 2.02. The van der Waals surface area contributed by atoms with Gasteiger partial charge in [0, 0.05) is 42.0 Å². The lowest BCUT2D eigenvalue weighted by Gasteiger charge is -2.14. The average molecular weight is 363 g/mol. The number of H-pyrrole nitrogens is 1. The van der Waals surface area contributed by atoms with E-state index in [4.69, 9.17) is 0 Å². The minimum Gasteiger partial charge on any atom is -0.338 e. The number of nitrogens with one attached hydrogen (secondary N) is 1. The summed E-state index contributed by atoms with van der Waals surface area (Å²) >= 11 is 0. The van der Waals surface area contributed by atoms with E-state index in [0.29, 0.717) is 35.1 Å². The van der Waals surface area contributed by atoms with E-state index in [1.54, 1.807) is 35.4 Å². The second-order valence-electron chi connectivity index (χ2n) is 6.66. The third-order valence-corrected chi connectivity index (χ3v) is 5.01. The molecule has 0 aliphatic carbocycles. The zero-order valence-electron chi connectivity index (χ0n) is 14.6. The molecule has 1 aliphatic rings. The maximum Gasteiger partial charge on any atom is 0.257 e. The van der Waals surface area contributed by atoms with Crippen LogP contribution < -0.4 is 5.56 Å². The Labute approximate surface area is 155 Å². The van der Waals surface area contributed by atoms with Gasteiger partial charge in [0.05, 0.1) is 10.9 Å². The molecular weight excluding hydrogens is 345 g/mol. The molecule has 1 saturated heterocycles. The zero-order valence-corrected chi connectivity index (χ0v) is 14.6. The number of nitrogens with zero attached hydrogens (tertiary/aromatic N) is 2. The Morgan fingerprint density at radius 1 is 1.33 bits per heavy atom. The van der Waals surface area contributed by atoms with Crippen LogP contribution in [-0.4, -0.2) is 33.9 Å². The van der Waals surface area contributed by atoms with Gasteiger partial charge in [-0.15, -0.1) is 0 Å². The highest BCUT2D eigenvalue weighted by atomic mass is 19.1. The van der Waals surface area contributed by atoms with Gasteiger partial charge in [0.25, 0.3) is 5.56 Å². The molecule has 0 spiro atoms. The number of amides is 1. The Hall–Kier alpha value is -3.28. The summed E-state index contributed by atoms with van der Waals surface area (Å²) < 4.78 is 14.0. The van der Waals surface area contributed by atoms with Crippen molar-refractivity contribution in [1.29, 1.82) is 0 Å². The molecule has 5 nitrogen and oxygen atoms in total. The number of likely N-dealkylation sites (tertiary alicyclic amines) is 1. The topological polar surface area (TPSA) is 66.1 Å². The summed E-state index contributed by atoms with van der Waals surface area (Å²) in [7, 11) is 0. The van der Waals surface area contributed by atoms with Crippen molar-refractivity contribution in [1.82, 2.24) is 14.9 Å². The highest BCUT2D eigenvalue weighted by Gasteiger charge is 2.27. The lowest BCUT2D eigenvalue weighted by atomic mass is 10.0. The van der Waals surface area contributed by atoms with Crippen molar-refractivity contribution in [2.24, 2.45) is 0 Å². The fourth-order valence-electron chi connectivity index (χ4n) is 3.56. The molecule has 136 valence electrons. The van der Waals surface area contributed by atoms with E-state index in [1.807, 2.05) is 6.07 Å². The molecule has 1 aromatic carbocycles. The monoisotopic (exact) mass is 363 g/mol. The van der Waals surface area contributed by atoms with Crippen LogP contribution in [0.1, 0.15) is 18.0 Å². The molecule has 27 heavy (non-hydrogen) atoms. The minimum atomic E-state index is -0.357. The van der Waals surface area contributed by atoms with Gasteiger partial charge in [-0.3, -0.25) is 14.6 Å². The third kappa shape index (κ3) is 3.14. The number of rotatable bonds is 3. The number of hydrogen-bond donors (Lipinski definition) is 1. The van der Waals surface area contributed by atoms with E-state index in [1.165, 1.54) is 12.1 Å². The Morgan fingerprint density at radius 2 is 2.15 bits per heavy atom. The van der Waals surface area contributed by atoms with Crippen LogP contribution in [0.15, 0.2) is 60.0 Å². The molecule has 6 heteroatoms. The van der Waals surface area contributed by atoms with E-state index in [-0.39, 0.29) is 23.2 Å². The van der Waals surface area contributed by atoms with Gasteiger partial charge in [0.1, 0.15) is 5.82 Å². The maximum atomic E-state index is 14.0. The standard InChI is InChI=1S/C21H18FN3O2/c1-2-20(26)25-8-7-13(12-25)18-10-19-16(21(27)24-18)9-14(11-23-19)15-5-3-4-6-17(15)22/h2-6,9-11,13H,1,7-8,12H2,(H,24,27). The lowest BCUT2D eigenvalue weighted by Crippen LogP contribution is -2.26. The smallest absolute Gasteiger partial charge is 0.257 e. The summed E-state index contributed by atoms with van der Waals surface area (Å²) in [4.78, 5) is 33.4. The normalized spacial score (nSPS) is 16.6. The van der Waals surface area contributed by atoms with E-state index in [0.717, 1.165) is 12.1 Å². The molecule has 1 amide bonds. The zero-order chi connectivity index (χ0) is 19.0. The van der Waals surface area contributed by atoms with Crippen LogP contribution in [0.5, 0.6) is 0 Å². The molecule has 0 radical (unpaired) electrons. The number of fused-ring (bicyclic) bond motifs is 1. The molecule has 3 heterocycles. The first-order valence-electron chi connectivity index (χ1n) is 8.76. The lowest BCUT2D eigenvalue weighted by molar-refractivity contribution is -0.125. The summed E-state index contributed by atoms with van der Waals surface area (Å²) in [5, 5.41) is 0.413. The van der Waals surface area contributed by atoms with Gasteiger partial charge in [0.15, 0.2) is 0 Å². The summed E-state index contributed by atoms with van der Waals surface area (Å²) in [6.45, 7) is 4.69. The molecule has 3 aromatic rings. The first-order valence-corrected chi connectivity index (χ1v) is 8.76. The van der Waals surface area contributed by atoms with Crippen LogP contribution in [0.2, 0.25) is 0 Å². The van der Waals surface area contributed by atoms with E-state index in [9.17, 15) is 14.0 Å². The van der Waals surface area contributed by atoms with Crippen LogP contribution in [-0.2, 0) is 4.79 Å². The molecule has 1 fully saturated rings. The van der Waals surface area contributed by atoms with Gasteiger partial charge in [-0.1, -0.05) is 24.8 Å². The van der Waals surface area contributed by atoms with Crippen molar-refractivity contribution < 1.29 is 9.18 Å². The van der Waals surface area contributed by atoms with Gasteiger partial charge in [-0.25, -0.2) is 4.39 Å². The Morgan fingerprint density at radius 3 is 2.93 bits per heavy atom. The van der Waals surface area contributed by atoms with Crippen LogP contribution >= 0.6 is 0 Å². The quantitative estimate of drug-likeness (QED) is 0.727. The molecule has 1 unspecified atom stereocenters. The van der Waals surface area contributed by atoms with Gasteiger partial charge < -0.3 is 9.88 Å². The highest BCUT2D eigenvalue weighted by Crippen LogP contribution is 2.28. The van der Waals surface area contributed by atoms with Crippen molar-refractivity contribution in [2.75, 3.05) is 13.1 Å². The SMILES string of the molecule is C=CC(=O)N1CCC(c2cc3ncc(-c4ccccc4F)cc3c(=O)[nH]2)C1. The first-order chi connectivity index (χ1) is 13.1. The molecule has 4 rings (SSSR count). The average Bonchev–Trinajstić information content (AvgIpc) is 3.18. The van der Waals surface area contributed by atoms with Gasteiger partial charge >= 0.3 is 0 Å². The van der Waals surface area contributed by atoms with Gasteiger partial charge in [-0.2, -0.15) is 0 Å². The van der Waals surface area contributed by atoms with E-state index >= 15 is 0 Å². The number of hydrogen-bond acceptors (Lipinski definition) is 3. The van der Waals surface area contributed by atoms with Crippen molar-refractivity contribution in [3.63, 3.8) is 0 Å². The molecular formula is C21H18FN3O2. The molecule has 2 aromatic heterocycles. The second-order valence-corrected chi connectivity index (χ2v) is 6.66. The third-order valence-electron chi connectivity index (χ3n) is 5.01. The fraction of sp³-hybridized carbons (Fsp3) is 0.190. The molecule has 0 saturated carbocycles. The minimum absolute atomic E-state index is 0.0547. The highest BCUT2D eigenvalue weighted by molar-refractivity contribution is 5.87. The van der Waals surface area contributed by atoms with Crippen LogP contribution in [0.3, 0.4) is 0 Å². The largest absolute Gasteiger partial charge is 0.338 e. The van der Waals surface area contributed by atoms with E-state index < -0.39 is 0 Å². The number of pyridine rings is 2. The van der Waals surface area contributed by atoms with E-state index in [2.05, 4.69) is 16.5 Å². The maximum absolute atomic E-state index is 14.0. The molecule has 1 N–H and O–H groups in total. The predicted octanol–water partition coefficient (Wildman–Crippen LogP) is 3.23. The summed E-state index contributed by atoms with van der Waals surface area (Å²) in [5.74, 6) is -0.406. The molecule has 0 bridgehead atoms. The number of carbonyl (C=O) groups is 1.